The van der Waals surface area contributed by atoms with Crippen LogP contribution in [0.1, 0.15) is 24.3 Å². The molecule has 0 saturated carbocycles. The fourth-order valence-corrected chi connectivity index (χ4v) is 3.10. The van der Waals surface area contributed by atoms with E-state index in [-0.39, 0.29) is 29.6 Å². The van der Waals surface area contributed by atoms with Gasteiger partial charge in [0, 0.05) is 32.4 Å². The molecule has 0 unspecified atom stereocenters. The molecule has 1 fully saturated rings. The Labute approximate surface area is 146 Å². The van der Waals surface area contributed by atoms with Gasteiger partial charge in [0.2, 0.25) is 0 Å². The summed E-state index contributed by atoms with van der Waals surface area (Å²) in [7, 11) is 0. The highest BCUT2D eigenvalue weighted by molar-refractivity contribution is 5.92. The van der Waals surface area contributed by atoms with Crippen molar-refractivity contribution in [3.8, 4) is 5.69 Å². The summed E-state index contributed by atoms with van der Waals surface area (Å²) < 4.78 is 20.8. The number of morpholine rings is 1. The van der Waals surface area contributed by atoms with E-state index in [1.54, 1.807) is 30.5 Å². The van der Waals surface area contributed by atoms with Gasteiger partial charge in [0.1, 0.15) is 11.5 Å². The van der Waals surface area contributed by atoms with Crippen LogP contribution in [0.15, 0.2) is 36.5 Å². The van der Waals surface area contributed by atoms with E-state index in [2.05, 4.69) is 29.2 Å². The number of carbonyl (C=O) groups is 1. The van der Waals surface area contributed by atoms with Crippen LogP contribution in [0.3, 0.4) is 0 Å². The SMILES string of the molecule is C[C@@H]1CN(CCNC(=O)c2ccn(-c3ccccc3F)n2)C[C@@H](C)O1. The molecule has 134 valence electrons. The van der Waals surface area contributed by atoms with E-state index in [1.807, 2.05) is 0 Å². The average Bonchev–Trinajstić information content (AvgIpc) is 3.04. The average molecular weight is 346 g/mol. The number of hydrogen-bond acceptors (Lipinski definition) is 4. The molecule has 1 saturated heterocycles. The first-order chi connectivity index (χ1) is 12.0. The van der Waals surface area contributed by atoms with Crippen molar-refractivity contribution in [3.05, 3.63) is 48.0 Å². The maximum absolute atomic E-state index is 13.8. The predicted molar refractivity (Wildman–Crippen MR) is 92.3 cm³/mol. The Bertz CT molecular complexity index is 723. The standard InChI is InChI=1S/C18H23FN4O2/c1-13-11-22(12-14(2)25-13)10-8-20-18(24)16-7-9-23(21-16)17-6-4-3-5-15(17)19/h3-7,9,13-14H,8,10-12H2,1-2H3,(H,20,24)/t13-,14-/m1/s1. The van der Waals surface area contributed by atoms with E-state index in [0.29, 0.717) is 12.2 Å². The van der Waals surface area contributed by atoms with Crippen LogP contribution in [0.4, 0.5) is 4.39 Å². The van der Waals surface area contributed by atoms with Crippen molar-refractivity contribution >= 4 is 5.91 Å². The Kier molecular flexibility index (Phi) is 5.45. The smallest absolute Gasteiger partial charge is 0.271 e. The van der Waals surface area contributed by atoms with E-state index in [1.165, 1.54) is 10.7 Å². The minimum atomic E-state index is -0.381. The van der Waals surface area contributed by atoms with E-state index in [9.17, 15) is 9.18 Å². The number of hydrogen-bond donors (Lipinski definition) is 1. The molecule has 3 rings (SSSR count). The van der Waals surface area contributed by atoms with E-state index >= 15 is 0 Å². The minimum absolute atomic E-state index is 0.205. The van der Waals surface area contributed by atoms with Gasteiger partial charge in [0.15, 0.2) is 5.69 Å². The first-order valence-electron chi connectivity index (χ1n) is 8.49. The number of nitrogens with one attached hydrogen (secondary N) is 1. The lowest BCUT2D eigenvalue weighted by Gasteiger charge is -2.35. The topological polar surface area (TPSA) is 59.4 Å². The van der Waals surface area contributed by atoms with Gasteiger partial charge < -0.3 is 10.1 Å². The van der Waals surface area contributed by atoms with Crippen LogP contribution in [0.2, 0.25) is 0 Å². The van der Waals surface area contributed by atoms with Crippen LogP contribution in [0.5, 0.6) is 0 Å². The van der Waals surface area contributed by atoms with Crippen LogP contribution in [0, 0.1) is 5.82 Å². The lowest BCUT2D eigenvalue weighted by atomic mass is 10.2. The summed E-state index contributed by atoms with van der Waals surface area (Å²) in [4.78, 5) is 14.5. The highest BCUT2D eigenvalue weighted by Crippen LogP contribution is 2.12. The zero-order chi connectivity index (χ0) is 17.8. The third-order valence-electron chi connectivity index (χ3n) is 4.13. The maximum Gasteiger partial charge on any atom is 0.271 e. The van der Waals surface area contributed by atoms with Crippen LogP contribution in [-0.4, -0.2) is 59.0 Å². The summed E-state index contributed by atoms with van der Waals surface area (Å²) in [6, 6.07) is 7.90. The van der Waals surface area contributed by atoms with E-state index in [4.69, 9.17) is 4.74 Å². The third-order valence-corrected chi connectivity index (χ3v) is 4.13. The Morgan fingerprint density at radius 3 is 2.72 bits per heavy atom. The predicted octanol–water partition coefficient (Wildman–Crippen LogP) is 1.85. The molecule has 2 atom stereocenters. The van der Waals surface area contributed by atoms with Crippen LogP contribution >= 0.6 is 0 Å². The Morgan fingerprint density at radius 2 is 2.00 bits per heavy atom. The van der Waals surface area contributed by atoms with E-state index in [0.717, 1.165) is 19.6 Å². The van der Waals surface area contributed by atoms with Crippen LogP contribution in [-0.2, 0) is 4.74 Å². The molecule has 6 nitrogen and oxygen atoms in total. The highest BCUT2D eigenvalue weighted by Gasteiger charge is 2.21. The molecule has 0 spiro atoms. The molecule has 1 aliphatic heterocycles. The summed E-state index contributed by atoms with van der Waals surface area (Å²) in [6.07, 6.45) is 1.99. The number of benzene rings is 1. The molecule has 0 aliphatic carbocycles. The van der Waals surface area contributed by atoms with Gasteiger partial charge in [-0.3, -0.25) is 9.69 Å². The van der Waals surface area contributed by atoms with Crippen LogP contribution < -0.4 is 5.32 Å². The number of amides is 1. The second kappa shape index (κ2) is 7.76. The van der Waals surface area contributed by atoms with E-state index < -0.39 is 0 Å². The first kappa shape index (κ1) is 17.6. The number of aromatic nitrogens is 2. The zero-order valence-corrected chi connectivity index (χ0v) is 14.5. The molecule has 25 heavy (non-hydrogen) atoms. The minimum Gasteiger partial charge on any atom is -0.373 e. The molecular weight excluding hydrogens is 323 g/mol. The fraction of sp³-hybridized carbons (Fsp3) is 0.444. The monoisotopic (exact) mass is 346 g/mol. The van der Waals surface area contributed by atoms with Crippen molar-refractivity contribution < 1.29 is 13.9 Å². The Balaban J connectivity index is 1.53. The van der Waals surface area contributed by atoms with Gasteiger partial charge in [-0.25, -0.2) is 9.07 Å². The normalized spacial score (nSPS) is 21.2. The van der Waals surface area contributed by atoms with Gasteiger partial charge in [0.05, 0.1) is 12.2 Å². The lowest BCUT2D eigenvalue weighted by molar-refractivity contribution is -0.0672. The number of halogens is 1. The van der Waals surface area contributed by atoms with Crippen molar-refractivity contribution in [1.29, 1.82) is 0 Å². The lowest BCUT2D eigenvalue weighted by Crippen LogP contribution is -2.47. The molecule has 1 aromatic heterocycles. The molecule has 1 N–H and O–H groups in total. The highest BCUT2D eigenvalue weighted by atomic mass is 19.1. The molecule has 1 aliphatic rings. The van der Waals surface area contributed by atoms with Crippen molar-refractivity contribution in [2.75, 3.05) is 26.2 Å². The zero-order valence-electron chi connectivity index (χ0n) is 14.5. The molecule has 2 heterocycles. The molecule has 2 aromatic rings. The number of carbonyl (C=O) groups excluding carboxylic acids is 1. The number of ether oxygens (including phenoxy) is 1. The second-order valence-corrected chi connectivity index (χ2v) is 6.37. The van der Waals surface area contributed by atoms with Crippen molar-refractivity contribution in [1.82, 2.24) is 20.0 Å². The van der Waals surface area contributed by atoms with Gasteiger partial charge in [-0.15, -0.1) is 0 Å². The van der Waals surface area contributed by atoms with Gasteiger partial charge in [-0.1, -0.05) is 12.1 Å². The maximum atomic E-state index is 13.8. The van der Waals surface area contributed by atoms with Gasteiger partial charge in [-0.05, 0) is 32.0 Å². The first-order valence-corrected chi connectivity index (χ1v) is 8.49. The van der Waals surface area contributed by atoms with Gasteiger partial charge >= 0.3 is 0 Å². The summed E-state index contributed by atoms with van der Waals surface area (Å²) in [5, 5.41) is 7.03. The van der Waals surface area contributed by atoms with Crippen molar-refractivity contribution in [2.24, 2.45) is 0 Å². The molecular formula is C18H23FN4O2. The number of para-hydroxylation sites is 1. The fourth-order valence-electron chi connectivity index (χ4n) is 3.10. The largest absolute Gasteiger partial charge is 0.373 e. The summed E-state index contributed by atoms with van der Waals surface area (Å²) in [5.41, 5.74) is 0.588. The molecule has 1 aromatic carbocycles. The molecule has 0 bridgehead atoms. The molecule has 0 radical (unpaired) electrons. The van der Waals surface area contributed by atoms with Crippen LogP contribution in [0.25, 0.3) is 5.69 Å². The second-order valence-electron chi connectivity index (χ2n) is 6.37. The summed E-state index contributed by atoms with van der Waals surface area (Å²) >= 11 is 0. The molecule has 7 heteroatoms. The molecule has 1 amide bonds. The van der Waals surface area contributed by atoms with Gasteiger partial charge in [-0.2, -0.15) is 5.10 Å². The quantitative estimate of drug-likeness (QED) is 0.898. The summed E-state index contributed by atoms with van der Waals surface area (Å²) in [6.45, 7) is 7.13. The Hall–Kier alpha value is -2.25. The number of rotatable bonds is 5. The number of nitrogens with zero attached hydrogens (tertiary/aromatic N) is 3. The van der Waals surface area contributed by atoms with Crippen molar-refractivity contribution in [2.45, 2.75) is 26.1 Å². The van der Waals surface area contributed by atoms with Gasteiger partial charge in [0.25, 0.3) is 5.91 Å². The summed E-state index contributed by atoms with van der Waals surface area (Å²) in [5.74, 6) is -0.641. The Morgan fingerprint density at radius 1 is 1.28 bits per heavy atom. The third kappa shape index (κ3) is 4.43. The van der Waals surface area contributed by atoms with Crippen molar-refractivity contribution in [3.63, 3.8) is 0 Å².